The first-order valence-corrected chi connectivity index (χ1v) is 8.66. The minimum absolute atomic E-state index is 0.0804. The summed E-state index contributed by atoms with van der Waals surface area (Å²) in [5.74, 6) is 0.265. The summed E-state index contributed by atoms with van der Waals surface area (Å²) in [7, 11) is 0. The van der Waals surface area contributed by atoms with Crippen LogP contribution in [0.1, 0.15) is 56.1 Å². The molecule has 0 spiro atoms. The Morgan fingerprint density at radius 3 is 2.52 bits per heavy atom. The molecule has 1 aliphatic carbocycles. The lowest BCUT2D eigenvalue weighted by molar-refractivity contribution is 0.0854. The van der Waals surface area contributed by atoms with Crippen molar-refractivity contribution in [3.63, 3.8) is 0 Å². The first-order chi connectivity index (χ1) is 10.0. The molecule has 1 aromatic heterocycles. The standard InChI is InChI=1S/C15H26N4OS/c1-4-15(8-7-9-15)10-17-13(20)11-12(16)18-14(21-11)19(5-2)6-3/h4-10,16H2,1-3H3,(H,17,20). The molecule has 1 heterocycles. The predicted octanol–water partition coefficient (Wildman–Crippen LogP) is 2.88. The van der Waals surface area contributed by atoms with Gasteiger partial charge in [-0.1, -0.05) is 24.7 Å². The summed E-state index contributed by atoms with van der Waals surface area (Å²) in [6.07, 6.45) is 4.83. The number of nitrogens with two attached hydrogens (primary N) is 1. The molecule has 6 heteroatoms. The van der Waals surface area contributed by atoms with Crippen molar-refractivity contribution < 1.29 is 4.79 Å². The molecule has 3 N–H and O–H groups in total. The summed E-state index contributed by atoms with van der Waals surface area (Å²) in [6, 6.07) is 0. The molecular weight excluding hydrogens is 284 g/mol. The van der Waals surface area contributed by atoms with E-state index in [1.54, 1.807) is 0 Å². The van der Waals surface area contributed by atoms with Gasteiger partial charge < -0.3 is 16.0 Å². The molecule has 1 aliphatic rings. The van der Waals surface area contributed by atoms with Gasteiger partial charge in [-0.25, -0.2) is 4.98 Å². The van der Waals surface area contributed by atoms with Crippen LogP contribution in [0.15, 0.2) is 0 Å². The molecule has 1 aromatic rings. The normalized spacial score (nSPS) is 16.3. The molecule has 0 aliphatic heterocycles. The van der Waals surface area contributed by atoms with Crippen LogP contribution >= 0.6 is 11.3 Å². The zero-order chi connectivity index (χ0) is 15.5. The van der Waals surface area contributed by atoms with Gasteiger partial charge in [0.25, 0.3) is 5.91 Å². The molecule has 1 saturated carbocycles. The van der Waals surface area contributed by atoms with Crippen molar-refractivity contribution in [3.8, 4) is 0 Å². The van der Waals surface area contributed by atoms with Crippen molar-refractivity contribution in [2.24, 2.45) is 5.41 Å². The van der Waals surface area contributed by atoms with Gasteiger partial charge in [-0.2, -0.15) is 0 Å². The predicted molar refractivity (Wildman–Crippen MR) is 89.0 cm³/mol. The minimum Gasteiger partial charge on any atom is -0.382 e. The zero-order valence-corrected chi connectivity index (χ0v) is 14.1. The van der Waals surface area contributed by atoms with Gasteiger partial charge >= 0.3 is 0 Å². The van der Waals surface area contributed by atoms with Crippen LogP contribution in [0.4, 0.5) is 10.9 Å². The quantitative estimate of drug-likeness (QED) is 0.812. The van der Waals surface area contributed by atoms with Gasteiger partial charge in [0.15, 0.2) is 5.13 Å². The second-order valence-electron chi connectivity index (χ2n) is 5.77. The van der Waals surface area contributed by atoms with Crippen LogP contribution < -0.4 is 16.0 Å². The molecule has 2 rings (SSSR count). The highest BCUT2D eigenvalue weighted by atomic mass is 32.1. The molecule has 118 valence electrons. The lowest BCUT2D eigenvalue weighted by Crippen LogP contribution is -2.41. The molecule has 1 amide bonds. The Hall–Kier alpha value is -1.30. The van der Waals surface area contributed by atoms with Gasteiger partial charge in [0.2, 0.25) is 0 Å². The lowest BCUT2D eigenvalue weighted by Gasteiger charge is -2.41. The van der Waals surface area contributed by atoms with Gasteiger partial charge in [0, 0.05) is 19.6 Å². The summed E-state index contributed by atoms with van der Waals surface area (Å²) < 4.78 is 0. The molecule has 1 fully saturated rings. The number of carbonyl (C=O) groups is 1. The highest BCUT2D eigenvalue weighted by Gasteiger charge is 2.35. The number of nitrogen functional groups attached to an aromatic ring is 1. The highest BCUT2D eigenvalue weighted by molar-refractivity contribution is 7.18. The first-order valence-electron chi connectivity index (χ1n) is 7.84. The van der Waals surface area contributed by atoms with E-state index in [4.69, 9.17) is 5.73 Å². The van der Waals surface area contributed by atoms with Crippen LogP contribution in [0.2, 0.25) is 0 Å². The van der Waals surface area contributed by atoms with E-state index >= 15 is 0 Å². The molecule has 0 aromatic carbocycles. The molecule has 21 heavy (non-hydrogen) atoms. The number of hydrogen-bond acceptors (Lipinski definition) is 5. The highest BCUT2D eigenvalue weighted by Crippen LogP contribution is 2.43. The minimum atomic E-state index is -0.0804. The van der Waals surface area contributed by atoms with E-state index < -0.39 is 0 Å². The fourth-order valence-corrected chi connectivity index (χ4v) is 3.82. The summed E-state index contributed by atoms with van der Waals surface area (Å²) in [5, 5.41) is 3.88. The second-order valence-corrected chi connectivity index (χ2v) is 6.75. The Morgan fingerprint density at radius 1 is 1.38 bits per heavy atom. The van der Waals surface area contributed by atoms with Crippen molar-refractivity contribution in [2.45, 2.75) is 46.5 Å². The third kappa shape index (κ3) is 3.31. The van der Waals surface area contributed by atoms with Crippen molar-refractivity contribution in [3.05, 3.63) is 4.88 Å². The van der Waals surface area contributed by atoms with Gasteiger partial charge in [-0.05, 0) is 38.5 Å². The smallest absolute Gasteiger partial charge is 0.265 e. The third-order valence-electron chi connectivity index (χ3n) is 4.67. The third-order valence-corrected chi connectivity index (χ3v) is 5.80. The molecule has 5 nitrogen and oxygen atoms in total. The van der Waals surface area contributed by atoms with Crippen LogP contribution in [0.5, 0.6) is 0 Å². The van der Waals surface area contributed by atoms with Crippen LogP contribution in [-0.4, -0.2) is 30.5 Å². The average molecular weight is 310 g/mol. The monoisotopic (exact) mass is 310 g/mol. The largest absolute Gasteiger partial charge is 0.382 e. The van der Waals surface area contributed by atoms with Crippen molar-refractivity contribution >= 4 is 28.2 Å². The number of rotatable bonds is 7. The Morgan fingerprint density at radius 2 is 2.05 bits per heavy atom. The summed E-state index contributed by atoms with van der Waals surface area (Å²) >= 11 is 1.39. The summed E-state index contributed by atoms with van der Waals surface area (Å²) in [6.45, 7) is 8.82. The van der Waals surface area contributed by atoms with Crippen molar-refractivity contribution in [1.82, 2.24) is 10.3 Å². The Balaban J connectivity index is 2.02. The van der Waals surface area contributed by atoms with E-state index in [0.29, 0.717) is 16.1 Å². The number of anilines is 2. The van der Waals surface area contributed by atoms with Crippen LogP contribution in [0.3, 0.4) is 0 Å². The average Bonchev–Trinajstić information content (AvgIpc) is 2.81. The summed E-state index contributed by atoms with van der Waals surface area (Å²) in [5.41, 5.74) is 6.24. The van der Waals surface area contributed by atoms with E-state index in [9.17, 15) is 4.79 Å². The maximum atomic E-state index is 12.3. The number of nitrogens with zero attached hydrogens (tertiary/aromatic N) is 2. The van der Waals surface area contributed by atoms with Crippen molar-refractivity contribution in [2.75, 3.05) is 30.3 Å². The SMILES string of the molecule is CCN(CC)c1nc(N)c(C(=O)NCC2(CC)CCC2)s1. The van der Waals surface area contributed by atoms with E-state index in [1.807, 2.05) is 0 Å². The lowest BCUT2D eigenvalue weighted by atomic mass is 9.67. The van der Waals surface area contributed by atoms with Gasteiger partial charge in [-0.15, -0.1) is 0 Å². The zero-order valence-electron chi connectivity index (χ0n) is 13.2. The number of aromatic nitrogens is 1. The number of hydrogen-bond donors (Lipinski definition) is 2. The van der Waals surface area contributed by atoms with Gasteiger partial charge in [-0.3, -0.25) is 4.79 Å². The van der Waals surface area contributed by atoms with E-state index in [1.165, 1.54) is 30.6 Å². The molecule has 0 unspecified atom stereocenters. The maximum absolute atomic E-state index is 12.3. The second kappa shape index (κ2) is 6.64. The van der Waals surface area contributed by atoms with Crippen LogP contribution in [-0.2, 0) is 0 Å². The van der Waals surface area contributed by atoms with Crippen LogP contribution in [0, 0.1) is 5.41 Å². The molecule has 0 radical (unpaired) electrons. The van der Waals surface area contributed by atoms with E-state index in [-0.39, 0.29) is 5.91 Å². The molecule has 0 atom stereocenters. The molecule has 0 bridgehead atoms. The van der Waals surface area contributed by atoms with Gasteiger partial charge in [0.1, 0.15) is 10.7 Å². The maximum Gasteiger partial charge on any atom is 0.265 e. The van der Waals surface area contributed by atoms with E-state index in [0.717, 1.165) is 31.2 Å². The topological polar surface area (TPSA) is 71.2 Å². The Labute approximate surface area is 130 Å². The number of amides is 1. The fourth-order valence-electron chi connectivity index (χ4n) is 2.79. The summed E-state index contributed by atoms with van der Waals surface area (Å²) in [4.78, 5) is 19.3. The Kier molecular flexibility index (Phi) is 5.08. The number of nitrogens with one attached hydrogen (secondary N) is 1. The number of thiazole rings is 1. The van der Waals surface area contributed by atoms with Gasteiger partial charge in [0.05, 0.1) is 0 Å². The van der Waals surface area contributed by atoms with Crippen molar-refractivity contribution in [1.29, 1.82) is 0 Å². The fraction of sp³-hybridized carbons (Fsp3) is 0.733. The molecule has 0 saturated heterocycles. The number of carbonyl (C=O) groups excluding carboxylic acids is 1. The van der Waals surface area contributed by atoms with E-state index in [2.05, 4.69) is 36.0 Å². The Bertz CT molecular complexity index is 486. The van der Waals surface area contributed by atoms with Crippen LogP contribution in [0.25, 0.3) is 0 Å². The molecular formula is C15H26N4OS. The first kappa shape index (κ1) is 16.1.